The third-order valence-electron chi connectivity index (χ3n) is 6.71. The quantitative estimate of drug-likeness (QED) is 0.605. The average Bonchev–Trinajstić information content (AvgIpc) is 2.63. The molecule has 1 N–H and O–H groups in total. The molecule has 0 unspecified atom stereocenters. The maximum Gasteiger partial charge on any atom is 0.223 e. The smallest absolute Gasteiger partial charge is 0.223 e. The van der Waals surface area contributed by atoms with Gasteiger partial charge in [0, 0.05) is 0 Å². The molecule has 1 aromatic rings. The Morgan fingerprint density at radius 2 is 1.58 bits per heavy atom. The van der Waals surface area contributed by atoms with Gasteiger partial charge in [0.15, 0.2) is 0 Å². The minimum atomic E-state index is -2.35. The highest BCUT2D eigenvalue weighted by Crippen LogP contribution is 2.38. The van der Waals surface area contributed by atoms with Gasteiger partial charge in [-0.3, -0.25) is 0 Å². The molecule has 2 fully saturated rings. The van der Waals surface area contributed by atoms with Crippen molar-refractivity contribution in [3.05, 3.63) is 30.3 Å². The van der Waals surface area contributed by atoms with E-state index in [1.165, 1.54) is 87.1 Å². The van der Waals surface area contributed by atoms with Gasteiger partial charge in [-0.1, -0.05) is 62.4 Å². The van der Waals surface area contributed by atoms with Gasteiger partial charge in [0.25, 0.3) is 0 Å². The predicted molar refractivity (Wildman–Crippen MR) is 105 cm³/mol. The number of benzene rings is 1. The maximum absolute atomic E-state index is 11.9. The van der Waals surface area contributed by atoms with Crippen LogP contribution in [0.5, 0.6) is 0 Å². The first kappa shape index (κ1) is 18.2. The molecule has 1 saturated heterocycles. The normalized spacial score (nSPS) is 24.4. The molecule has 1 heterocycles. The van der Waals surface area contributed by atoms with Crippen molar-refractivity contribution in [1.82, 2.24) is 0 Å². The van der Waals surface area contributed by atoms with Crippen LogP contribution < -0.4 is 5.19 Å². The summed E-state index contributed by atoms with van der Waals surface area (Å²) in [7, 11) is 0.0813. The number of hydrogen-bond donors (Lipinski definition) is 1. The number of piperidine rings is 1. The first-order chi connectivity index (χ1) is 11.6. The summed E-state index contributed by atoms with van der Waals surface area (Å²) in [5.41, 5.74) is 0.584. The van der Waals surface area contributed by atoms with Crippen LogP contribution in [0.1, 0.15) is 57.8 Å². The van der Waals surface area contributed by atoms with E-state index in [9.17, 15) is 4.80 Å². The molecule has 24 heavy (non-hydrogen) atoms. The van der Waals surface area contributed by atoms with Crippen molar-refractivity contribution in [2.75, 3.05) is 26.7 Å². The Hall–Kier alpha value is -0.643. The molecule has 2 nitrogen and oxygen atoms in total. The van der Waals surface area contributed by atoms with Crippen molar-refractivity contribution in [2.45, 2.75) is 69.4 Å². The highest BCUT2D eigenvalue weighted by molar-refractivity contribution is 6.86. The summed E-state index contributed by atoms with van der Waals surface area (Å²) in [5, 5.41) is 1.29. The average molecular weight is 347 g/mol. The zero-order valence-electron chi connectivity index (χ0n) is 15.6. The summed E-state index contributed by atoms with van der Waals surface area (Å²) in [6.45, 7) is 3.94. The van der Waals surface area contributed by atoms with Gasteiger partial charge in [-0.25, -0.2) is 0 Å². The monoisotopic (exact) mass is 346 g/mol. The number of rotatable bonds is 6. The molecule has 3 heteroatoms. The Bertz CT molecular complexity index is 494. The largest absolute Gasteiger partial charge is 0.427 e. The lowest BCUT2D eigenvalue weighted by Gasteiger charge is -2.40. The minimum absolute atomic E-state index is 0.584. The van der Waals surface area contributed by atoms with Crippen LogP contribution in [0.25, 0.3) is 0 Å². The topological polar surface area (TPSA) is 20.2 Å². The van der Waals surface area contributed by atoms with E-state index < -0.39 is 8.32 Å². The Morgan fingerprint density at radius 3 is 2.25 bits per heavy atom. The van der Waals surface area contributed by atoms with Gasteiger partial charge in [-0.15, -0.1) is 0 Å². The molecule has 2 aliphatic rings. The van der Waals surface area contributed by atoms with E-state index in [0.717, 1.165) is 6.04 Å². The third kappa shape index (κ3) is 4.30. The fraction of sp³-hybridized carbons (Fsp3) is 0.714. The molecular weight excluding hydrogens is 310 g/mol. The molecular formula is C21H36NOSi+. The third-order valence-corrected chi connectivity index (χ3v) is 11.1. The number of hydrogen-bond acceptors (Lipinski definition) is 1. The predicted octanol–water partition coefficient (Wildman–Crippen LogP) is 4.19. The fourth-order valence-electron chi connectivity index (χ4n) is 5.12. The summed E-state index contributed by atoms with van der Waals surface area (Å²) in [6.07, 6.45) is 11.9. The highest BCUT2D eigenvalue weighted by Gasteiger charge is 2.42. The lowest BCUT2D eigenvalue weighted by molar-refractivity contribution is -0.914. The lowest BCUT2D eigenvalue weighted by Crippen LogP contribution is -2.54. The Kier molecular flexibility index (Phi) is 6.17. The minimum Gasteiger partial charge on any atom is -0.427 e. The number of likely N-dealkylation sites (tertiary alicyclic amines) is 1. The van der Waals surface area contributed by atoms with Crippen LogP contribution in [0, 0.1) is 0 Å². The number of nitrogens with zero attached hydrogens (tertiary/aromatic N) is 1. The molecule has 1 aliphatic heterocycles. The van der Waals surface area contributed by atoms with Crippen molar-refractivity contribution in [1.29, 1.82) is 0 Å². The van der Waals surface area contributed by atoms with Gasteiger partial charge in [0.1, 0.15) is 0 Å². The van der Waals surface area contributed by atoms with Crippen LogP contribution in [0.15, 0.2) is 30.3 Å². The second-order valence-electron chi connectivity index (χ2n) is 8.58. The molecule has 0 spiro atoms. The molecule has 0 bridgehead atoms. The van der Waals surface area contributed by atoms with E-state index in [2.05, 4.69) is 37.4 Å². The summed E-state index contributed by atoms with van der Waals surface area (Å²) in [6, 6.07) is 11.8. The maximum atomic E-state index is 11.9. The van der Waals surface area contributed by atoms with Crippen LogP contribution >= 0.6 is 0 Å². The summed E-state index contributed by atoms with van der Waals surface area (Å²) in [5.74, 6) is 0. The number of quaternary nitrogens is 1. The lowest BCUT2D eigenvalue weighted by atomic mass is 10.0. The molecule has 0 radical (unpaired) electrons. The van der Waals surface area contributed by atoms with Gasteiger partial charge >= 0.3 is 0 Å². The standard InChI is InChI=1S/C21H36NOSi/c1-22(16-9-4-10-17-22)18-11-19-24(23,20-12-5-2-6-13-20)21-14-7-3-8-15-21/h2,5-6,12-13,21,23H,3-4,7-11,14-19H2,1H3/q+1/t24-/m1/s1. The summed E-state index contributed by atoms with van der Waals surface area (Å²) >= 11 is 0. The van der Waals surface area contributed by atoms with Gasteiger partial charge in [-0.2, -0.15) is 0 Å². The Labute approximate surface area is 149 Å². The van der Waals surface area contributed by atoms with Gasteiger partial charge < -0.3 is 9.28 Å². The zero-order valence-corrected chi connectivity index (χ0v) is 16.6. The zero-order chi connectivity index (χ0) is 16.9. The van der Waals surface area contributed by atoms with Gasteiger partial charge in [0.05, 0.1) is 26.7 Å². The first-order valence-electron chi connectivity index (χ1n) is 10.2. The second-order valence-corrected chi connectivity index (χ2v) is 12.3. The van der Waals surface area contributed by atoms with Crippen molar-refractivity contribution in [2.24, 2.45) is 0 Å². The van der Waals surface area contributed by atoms with Crippen molar-refractivity contribution in [3.8, 4) is 0 Å². The summed E-state index contributed by atoms with van der Waals surface area (Å²) < 4.78 is 1.24. The van der Waals surface area contributed by atoms with E-state index >= 15 is 0 Å². The van der Waals surface area contributed by atoms with E-state index in [4.69, 9.17) is 0 Å². The molecule has 1 saturated carbocycles. The van der Waals surface area contributed by atoms with Crippen LogP contribution in [0.3, 0.4) is 0 Å². The van der Waals surface area contributed by atoms with Crippen LogP contribution in [0.4, 0.5) is 0 Å². The second kappa shape index (κ2) is 8.16. The molecule has 1 atom stereocenters. The van der Waals surface area contributed by atoms with Crippen LogP contribution in [-0.4, -0.2) is 44.3 Å². The highest BCUT2D eigenvalue weighted by atomic mass is 28.4. The van der Waals surface area contributed by atoms with Crippen LogP contribution in [-0.2, 0) is 0 Å². The van der Waals surface area contributed by atoms with E-state index in [0.29, 0.717) is 5.54 Å². The van der Waals surface area contributed by atoms with E-state index in [1.807, 2.05) is 0 Å². The van der Waals surface area contributed by atoms with Gasteiger partial charge in [-0.05, 0) is 42.5 Å². The molecule has 134 valence electrons. The van der Waals surface area contributed by atoms with Crippen molar-refractivity contribution in [3.63, 3.8) is 0 Å². The molecule has 0 amide bonds. The summed E-state index contributed by atoms with van der Waals surface area (Å²) in [4.78, 5) is 11.9. The molecule has 1 aromatic carbocycles. The van der Waals surface area contributed by atoms with E-state index in [-0.39, 0.29) is 0 Å². The molecule has 3 rings (SSSR count). The molecule has 0 aromatic heterocycles. The SMILES string of the molecule is C[N+]1(CCC[Si@@](O)(c2ccccc2)C2CCCCC2)CCCCC1. The van der Waals surface area contributed by atoms with Crippen molar-refractivity contribution >= 4 is 13.5 Å². The Morgan fingerprint density at radius 1 is 0.958 bits per heavy atom. The van der Waals surface area contributed by atoms with Gasteiger partial charge in [0.2, 0.25) is 8.32 Å². The Balaban J connectivity index is 1.68. The molecule has 1 aliphatic carbocycles. The van der Waals surface area contributed by atoms with E-state index in [1.54, 1.807) is 0 Å². The van der Waals surface area contributed by atoms with Crippen LogP contribution in [0.2, 0.25) is 11.6 Å². The van der Waals surface area contributed by atoms with Crippen molar-refractivity contribution < 1.29 is 9.28 Å². The fourth-order valence-corrected chi connectivity index (χ4v) is 9.12. The first-order valence-corrected chi connectivity index (χ1v) is 12.5.